The van der Waals surface area contributed by atoms with E-state index in [1.54, 1.807) is 12.5 Å². The van der Waals surface area contributed by atoms with Gasteiger partial charge in [-0.25, -0.2) is 13.8 Å². The van der Waals surface area contributed by atoms with E-state index < -0.39 is 11.6 Å². The van der Waals surface area contributed by atoms with Gasteiger partial charge < -0.3 is 9.73 Å². The molecule has 7 heteroatoms. The lowest BCUT2D eigenvalue weighted by molar-refractivity contribution is 0.151. The summed E-state index contributed by atoms with van der Waals surface area (Å²) in [6, 6.07) is 7.81. The number of hydrogen-bond donors (Lipinski definition) is 1. The van der Waals surface area contributed by atoms with Gasteiger partial charge >= 0.3 is 0 Å². The maximum absolute atomic E-state index is 13.4. The summed E-state index contributed by atoms with van der Waals surface area (Å²) in [5.74, 6) is -1.52. The van der Waals surface area contributed by atoms with Crippen LogP contribution in [0.1, 0.15) is 17.3 Å². The number of nitrogens with zero attached hydrogens (tertiary/aromatic N) is 3. The molecule has 0 saturated carbocycles. The van der Waals surface area contributed by atoms with Gasteiger partial charge in [-0.2, -0.15) is 0 Å². The van der Waals surface area contributed by atoms with Crippen LogP contribution in [-0.2, 0) is 6.54 Å². The maximum atomic E-state index is 13.4. The Kier molecular flexibility index (Phi) is 4.73. The summed E-state index contributed by atoms with van der Waals surface area (Å²) in [5.41, 5.74) is 2.31. The highest BCUT2D eigenvalue weighted by Crippen LogP contribution is 2.25. The van der Waals surface area contributed by atoms with Gasteiger partial charge in [-0.15, -0.1) is 0 Å². The largest absolute Gasteiger partial charge is 0.444 e. The van der Waals surface area contributed by atoms with E-state index >= 15 is 0 Å². The Balaban J connectivity index is 1.53. The summed E-state index contributed by atoms with van der Waals surface area (Å²) < 4.78 is 32.0. The first-order valence-electron chi connectivity index (χ1n) is 8.45. The van der Waals surface area contributed by atoms with Gasteiger partial charge in [0.2, 0.25) is 5.89 Å². The molecule has 1 fully saturated rings. The Bertz CT molecular complexity index is 884. The second-order valence-electron chi connectivity index (χ2n) is 6.25. The molecule has 5 nitrogen and oxygen atoms in total. The van der Waals surface area contributed by atoms with Crippen molar-refractivity contribution in [3.05, 3.63) is 71.9 Å². The Morgan fingerprint density at radius 1 is 1.23 bits per heavy atom. The van der Waals surface area contributed by atoms with Crippen molar-refractivity contribution in [2.75, 3.05) is 19.6 Å². The van der Waals surface area contributed by atoms with Crippen LogP contribution in [0.15, 0.2) is 53.4 Å². The molecule has 3 aromatic rings. The summed E-state index contributed by atoms with van der Waals surface area (Å²) in [4.78, 5) is 11.0. The second-order valence-corrected chi connectivity index (χ2v) is 6.25. The minimum atomic E-state index is -0.916. The monoisotopic (exact) mass is 356 g/mol. The number of rotatable bonds is 4. The fourth-order valence-corrected chi connectivity index (χ4v) is 3.19. The molecule has 1 saturated heterocycles. The molecule has 3 heterocycles. The molecule has 1 aliphatic heterocycles. The third kappa shape index (κ3) is 3.49. The summed E-state index contributed by atoms with van der Waals surface area (Å²) in [7, 11) is 0. The highest BCUT2D eigenvalue weighted by molar-refractivity contribution is 5.53. The van der Waals surface area contributed by atoms with Crippen molar-refractivity contribution >= 4 is 0 Å². The number of aromatic nitrogens is 2. The zero-order valence-electron chi connectivity index (χ0n) is 14.0. The fourth-order valence-electron chi connectivity index (χ4n) is 3.19. The van der Waals surface area contributed by atoms with Crippen molar-refractivity contribution in [1.82, 2.24) is 20.2 Å². The predicted octanol–water partition coefficient (Wildman–Crippen LogP) is 3.16. The third-order valence-electron chi connectivity index (χ3n) is 4.51. The Hall–Kier alpha value is -2.64. The van der Waals surface area contributed by atoms with Crippen LogP contribution in [0, 0.1) is 11.6 Å². The number of piperazine rings is 1. The van der Waals surface area contributed by atoms with Crippen molar-refractivity contribution in [1.29, 1.82) is 0 Å². The maximum Gasteiger partial charge on any atom is 0.226 e. The van der Waals surface area contributed by atoms with Crippen LogP contribution in [0.4, 0.5) is 8.78 Å². The van der Waals surface area contributed by atoms with Crippen LogP contribution in [-0.4, -0.2) is 34.5 Å². The van der Waals surface area contributed by atoms with E-state index in [2.05, 4.69) is 26.3 Å². The van der Waals surface area contributed by atoms with Crippen LogP contribution in [0.25, 0.3) is 11.5 Å². The zero-order valence-corrected chi connectivity index (χ0v) is 14.0. The third-order valence-corrected chi connectivity index (χ3v) is 4.51. The molecule has 1 unspecified atom stereocenters. The normalized spacial score (nSPS) is 18.2. The number of hydrogen-bond acceptors (Lipinski definition) is 5. The smallest absolute Gasteiger partial charge is 0.226 e. The number of pyridine rings is 1. The summed E-state index contributed by atoms with van der Waals surface area (Å²) in [6.07, 6.45) is 5.20. The average molecular weight is 356 g/mol. The van der Waals surface area contributed by atoms with Gasteiger partial charge in [0, 0.05) is 50.2 Å². The summed E-state index contributed by atoms with van der Waals surface area (Å²) in [5, 5.41) is 3.40. The first-order chi connectivity index (χ1) is 12.7. The van der Waals surface area contributed by atoms with E-state index in [1.165, 1.54) is 6.07 Å². The molecule has 0 radical (unpaired) electrons. The van der Waals surface area contributed by atoms with Crippen molar-refractivity contribution in [2.24, 2.45) is 0 Å². The molecule has 1 N–H and O–H groups in total. The fraction of sp³-hybridized carbons (Fsp3) is 0.263. The number of benzene rings is 1. The number of halogens is 2. The molecule has 4 rings (SSSR count). The van der Waals surface area contributed by atoms with Crippen molar-refractivity contribution in [2.45, 2.75) is 12.6 Å². The van der Waals surface area contributed by atoms with Gasteiger partial charge in [0.25, 0.3) is 0 Å². The van der Waals surface area contributed by atoms with Crippen LogP contribution in [0.3, 0.4) is 0 Å². The lowest BCUT2D eigenvalue weighted by Gasteiger charge is -2.35. The average Bonchev–Trinajstić information content (AvgIpc) is 3.14. The topological polar surface area (TPSA) is 54.2 Å². The predicted molar refractivity (Wildman–Crippen MR) is 92.1 cm³/mol. The van der Waals surface area contributed by atoms with Gasteiger partial charge in [0.15, 0.2) is 11.6 Å². The first kappa shape index (κ1) is 16.8. The van der Waals surface area contributed by atoms with E-state index in [9.17, 15) is 8.78 Å². The Morgan fingerprint density at radius 2 is 2.15 bits per heavy atom. The number of oxazole rings is 1. The van der Waals surface area contributed by atoms with E-state index in [1.807, 2.05) is 12.3 Å². The zero-order chi connectivity index (χ0) is 17.9. The molecule has 26 heavy (non-hydrogen) atoms. The molecular weight excluding hydrogens is 338 g/mol. The second kappa shape index (κ2) is 7.31. The molecule has 1 aliphatic rings. The van der Waals surface area contributed by atoms with Crippen LogP contribution in [0.2, 0.25) is 0 Å². The highest BCUT2D eigenvalue weighted by atomic mass is 19.2. The van der Waals surface area contributed by atoms with Gasteiger partial charge in [0.05, 0.1) is 5.69 Å². The van der Waals surface area contributed by atoms with Gasteiger partial charge in [-0.3, -0.25) is 9.88 Å². The molecule has 1 aromatic carbocycles. The van der Waals surface area contributed by atoms with E-state index in [0.29, 0.717) is 12.1 Å². The lowest BCUT2D eigenvalue weighted by atomic mass is 10.1. The van der Waals surface area contributed by atoms with Crippen LogP contribution in [0.5, 0.6) is 0 Å². The Morgan fingerprint density at radius 3 is 2.96 bits per heavy atom. The molecule has 0 aliphatic carbocycles. The lowest BCUT2D eigenvalue weighted by Crippen LogP contribution is -2.45. The van der Waals surface area contributed by atoms with E-state index in [4.69, 9.17) is 4.42 Å². The standard InChI is InChI=1S/C19H18F2N4O/c20-16-4-3-13(8-17(16)21)19-24-15(12-26-19)11-25-7-6-23-10-18(25)14-2-1-5-22-9-14/h1-5,8-9,12,18,23H,6-7,10-11H2. The Labute approximate surface area is 149 Å². The van der Waals surface area contributed by atoms with Crippen molar-refractivity contribution in [3.63, 3.8) is 0 Å². The van der Waals surface area contributed by atoms with E-state index in [0.717, 1.165) is 43.0 Å². The molecule has 0 spiro atoms. The van der Waals surface area contributed by atoms with Gasteiger partial charge in [-0.05, 0) is 29.8 Å². The highest BCUT2D eigenvalue weighted by Gasteiger charge is 2.25. The van der Waals surface area contributed by atoms with Gasteiger partial charge in [-0.1, -0.05) is 6.07 Å². The minimum Gasteiger partial charge on any atom is -0.444 e. The van der Waals surface area contributed by atoms with E-state index in [-0.39, 0.29) is 11.9 Å². The molecule has 134 valence electrons. The summed E-state index contributed by atoms with van der Waals surface area (Å²) in [6.45, 7) is 3.20. The first-order valence-corrected chi connectivity index (χ1v) is 8.45. The molecule has 1 atom stereocenters. The molecule has 2 aromatic heterocycles. The minimum absolute atomic E-state index is 0.195. The van der Waals surface area contributed by atoms with Gasteiger partial charge in [0.1, 0.15) is 6.26 Å². The van der Waals surface area contributed by atoms with Crippen LogP contribution >= 0.6 is 0 Å². The van der Waals surface area contributed by atoms with Crippen molar-refractivity contribution in [3.8, 4) is 11.5 Å². The van der Waals surface area contributed by atoms with Crippen LogP contribution < -0.4 is 5.32 Å². The number of nitrogens with one attached hydrogen (secondary N) is 1. The van der Waals surface area contributed by atoms with Crippen molar-refractivity contribution < 1.29 is 13.2 Å². The molecule has 0 bridgehead atoms. The quantitative estimate of drug-likeness (QED) is 0.778. The molecular formula is C19H18F2N4O. The molecule has 0 amide bonds. The summed E-state index contributed by atoms with van der Waals surface area (Å²) >= 11 is 0. The SMILES string of the molecule is Fc1ccc(-c2nc(CN3CCNCC3c3cccnc3)co2)cc1F.